The summed E-state index contributed by atoms with van der Waals surface area (Å²) in [7, 11) is 0. The van der Waals surface area contributed by atoms with Crippen molar-refractivity contribution in [2.45, 2.75) is 204 Å². The Kier molecular flexibility index (Phi) is 12.0. The van der Waals surface area contributed by atoms with E-state index in [1.165, 1.54) is 13.0 Å². The minimum atomic E-state index is -1.03. The van der Waals surface area contributed by atoms with E-state index in [1.807, 2.05) is 6.92 Å². The van der Waals surface area contributed by atoms with Crippen molar-refractivity contribution in [3.05, 3.63) is 11.6 Å². The van der Waals surface area contributed by atoms with Crippen molar-refractivity contribution in [3.8, 4) is 0 Å². The fraction of sp³-hybridized carbons (Fsp3) is 0.907. The third kappa shape index (κ3) is 7.60. The van der Waals surface area contributed by atoms with Gasteiger partial charge in [0.1, 0.15) is 31.0 Å². The lowest BCUT2D eigenvalue weighted by molar-refractivity contribution is -0.336. The van der Waals surface area contributed by atoms with Crippen molar-refractivity contribution < 1.29 is 73.0 Å². The molecule has 4 aliphatic carbocycles. The van der Waals surface area contributed by atoms with Crippen molar-refractivity contribution in [2.24, 2.45) is 34.5 Å². The van der Waals surface area contributed by atoms with Crippen LogP contribution < -0.4 is 0 Å². The smallest absolute Gasteiger partial charge is 0.331 e. The van der Waals surface area contributed by atoms with Gasteiger partial charge in [-0.1, -0.05) is 13.8 Å². The van der Waals surface area contributed by atoms with Crippen molar-refractivity contribution in [2.75, 3.05) is 6.61 Å². The summed E-state index contributed by atoms with van der Waals surface area (Å²) >= 11 is 0. The number of hydrogen-bond acceptors (Lipinski definition) is 15. The van der Waals surface area contributed by atoms with Crippen LogP contribution in [-0.4, -0.2) is 136 Å². The molecule has 5 N–H and O–H groups in total. The van der Waals surface area contributed by atoms with Crippen LogP contribution in [0.4, 0.5) is 0 Å². The normalized spacial score (nSPS) is 53.2. The average Bonchev–Trinajstić information content (AvgIpc) is 3.65. The van der Waals surface area contributed by atoms with Gasteiger partial charge in [-0.05, 0) is 94.5 Å². The Morgan fingerprint density at radius 3 is 2.07 bits per heavy atom. The number of esters is 2. The van der Waals surface area contributed by atoms with E-state index in [-0.39, 0.29) is 55.2 Å². The Morgan fingerprint density at radius 2 is 1.41 bits per heavy atom. The Bertz CT molecular complexity index is 1530. The summed E-state index contributed by atoms with van der Waals surface area (Å²) in [6.45, 7) is 11.3. The van der Waals surface area contributed by atoms with Crippen LogP contribution in [0, 0.1) is 34.5 Å². The van der Waals surface area contributed by atoms with Gasteiger partial charge < -0.3 is 63.4 Å². The molecule has 0 amide bonds. The number of ether oxygens (including phenoxy) is 8. The van der Waals surface area contributed by atoms with Gasteiger partial charge in [0, 0.05) is 50.0 Å². The monoisotopic (exact) mass is 822 g/mol. The number of carbonyl (C=O) groups is 2. The zero-order valence-electron chi connectivity index (χ0n) is 34.8. The fourth-order valence-corrected chi connectivity index (χ4v) is 13.2. The highest BCUT2D eigenvalue weighted by Crippen LogP contribution is 2.70. The summed E-state index contributed by atoms with van der Waals surface area (Å²) in [5, 5.41) is 55.4. The zero-order chi connectivity index (χ0) is 41.5. The van der Waals surface area contributed by atoms with Gasteiger partial charge in [0.2, 0.25) is 0 Å². The maximum absolute atomic E-state index is 12.6. The van der Waals surface area contributed by atoms with Crippen molar-refractivity contribution in [1.29, 1.82) is 0 Å². The van der Waals surface area contributed by atoms with Crippen molar-refractivity contribution in [1.82, 2.24) is 0 Å². The van der Waals surface area contributed by atoms with Crippen LogP contribution in [0.3, 0.4) is 0 Å². The van der Waals surface area contributed by atoms with Crippen LogP contribution in [0.2, 0.25) is 0 Å². The topological polar surface area (TPSA) is 209 Å². The SMILES string of the molecule is CC(=O)O[C@H]1CC(O[C@H]2CC[C@@]3(C)[C@H](CC[C@@H]4[C@@H]3CC[C@]3(C)[C@@H](C5=CC(=O)OC5)[C@@H](O)C[C@]43O)C2)O[C@H](C)[C@H]1O[C@H]1C[C@H](O)[C@H](O[C@H]2C[C@H](O)[C@H](O)[C@@H](C)O2)[C@@H](C)O1. The molecule has 0 spiro atoms. The van der Waals surface area contributed by atoms with Gasteiger partial charge in [0.15, 0.2) is 18.9 Å². The molecular formula is C43H66O15. The van der Waals surface area contributed by atoms with E-state index in [4.69, 9.17) is 37.9 Å². The quantitative estimate of drug-likeness (QED) is 0.176. The van der Waals surface area contributed by atoms with Crippen molar-refractivity contribution in [3.63, 3.8) is 0 Å². The molecule has 3 saturated heterocycles. The van der Waals surface area contributed by atoms with Gasteiger partial charge in [0.25, 0.3) is 0 Å². The predicted octanol–water partition coefficient (Wildman–Crippen LogP) is 2.79. The standard InChI is InChI=1S/C43H66O15/c1-20-38(49)29(45)15-34(52-20)57-39-21(2)53-35(16-30(39)46)58-40-22(3)54-36(17-32(40)55-23(4)44)56-26-9-11-41(5)25(14-26)7-8-28-27(41)10-12-42(6)37(24-13-33(48)51-19-24)31(47)18-43(28,42)50/h13,20-22,25-32,34-40,45-47,49-50H,7-12,14-19H2,1-6H3/t20-,21-,22-,25-,26+,27+,28-,29+,30+,31+,32+,34+,35+,36?,37+,38-,39-,40-,41+,42-,43+/m1/s1. The molecule has 0 radical (unpaired) electrons. The summed E-state index contributed by atoms with van der Waals surface area (Å²) in [5.41, 5.74) is -0.756. The minimum absolute atomic E-state index is 0.00581. The first kappa shape index (κ1) is 42.9. The highest BCUT2D eigenvalue weighted by Gasteiger charge is 2.70. The van der Waals surface area contributed by atoms with Crippen LogP contribution >= 0.6 is 0 Å². The summed E-state index contributed by atoms with van der Waals surface area (Å²) in [5.74, 6) is -0.369. The fourth-order valence-electron chi connectivity index (χ4n) is 13.2. The molecule has 58 heavy (non-hydrogen) atoms. The lowest BCUT2D eigenvalue weighted by atomic mass is 9.43. The molecule has 1 unspecified atom stereocenters. The number of carbonyl (C=O) groups excluding carboxylic acids is 2. The van der Waals surface area contributed by atoms with Gasteiger partial charge in [-0.3, -0.25) is 4.79 Å². The zero-order valence-corrected chi connectivity index (χ0v) is 34.8. The van der Waals surface area contributed by atoms with E-state index in [1.54, 1.807) is 13.8 Å². The molecule has 8 rings (SSSR count). The second-order valence-electron chi connectivity index (χ2n) is 19.5. The van der Waals surface area contributed by atoms with E-state index < -0.39 is 96.9 Å². The summed E-state index contributed by atoms with van der Waals surface area (Å²) in [6, 6.07) is 0. The molecular weight excluding hydrogens is 756 g/mol. The maximum atomic E-state index is 12.6. The predicted molar refractivity (Wildman–Crippen MR) is 202 cm³/mol. The third-order valence-corrected chi connectivity index (χ3v) is 16.1. The van der Waals surface area contributed by atoms with Crippen LogP contribution in [-0.2, 0) is 47.5 Å². The number of rotatable bonds is 8. The largest absolute Gasteiger partial charge is 0.459 e. The molecule has 7 fully saturated rings. The van der Waals surface area contributed by atoms with Gasteiger partial charge in [-0.25, -0.2) is 4.79 Å². The molecule has 328 valence electrons. The second kappa shape index (κ2) is 16.2. The Hall–Kier alpha value is -1.76. The van der Waals surface area contributed by atoms with Gasteiger partial charge >= 0.3 is 11.9 Å². The lowest BCUT2D eigenvalue weighted by Gasteiger charge is -2.63. The molecule has 0 aromatic heterocycles. The molecule has 0 aromatic carbocycles. The van der Waals surface area contributed by atoms with Gasteiger partial charge in [0.05, 0.1) is 48.3 Å². The number of aliphatic hydroxyl groups is 5. The highest BCUT2D eigenvalue weighted by atomic mass is 16.7. The molecule has 8 aliphatic rings. The highest BCUT2D eigenvalue weighted by molar-refractivity contribution is 5.85. The van der Waals surface area contributed by atoms with E-state index in [9.17, 15) is 35.1 Å². The Labute approximate surface area is 341 Å². The molecule has 15 nitrogen and oxygen atoms in total. The Morgan fingerprint density at radius 1 is 0.759 bits per heavy atom. The average molecular weight is 823 g/mol. The van der Waals surface area contributed by atoms with E-state index >= 15 is 0 Å². The maximum Gasteiger partial charge on any atom is 0.331 e. The van der Waals surface area contributed by atoms with E-state index in [0.29, 0.717) is 18.3 Å². The molecule has 4 aliphatic heterocycles. The number of fused-ring (bicyclic) bond motifs is 5. The third-order valence-electron chi connectivity index (χ3n) is 16.1. The lowest BCUT2D eigenvalue weighted by Crippen LogP contribution is -2.62. The number of hydrogen-bond donors (Lipinski definition) is 5. The molecule has 15 heteroatoms. The molecule has 21 atom stereocenters. The summed E-state index contributed by atoms with van der Waals surface area (Å²) in [6.07, 6.45) is -1.56. The van der Waals surface area contributed by atoms with E-state index in [2.05, 4.69) is 13.8 Å². The van der Waals surface area contributed by atoms with E-state index in [0.717, 1.165) is 50.5 Å². The molecule has 0 aromatic rings. The van der Waals surface area contributed by atoms with Crippen LogP contribution in [0.5, 0.6) is 0 Å². The second-order valence-corrected chi connectivity index (χ2v) is 19.5. The molecule has 0 bridgehead atoms. The van der Waals surface area contributed by atoms with Crippen molar-refractivity contribution >= 4 is 11.9 Å². The first-order chi connectivity index (χ1) is 27.4. The molecule has 4 saturated carbocycles. The van der Waals surface area contributed by atoms with Crippen LogP contribution in [0.15, 0.2) is 11.6 Å². The Balaban J connectivity index is 0.870. The number of cyclic esters (lactones) is 1. The van der Waals surface area contributed by atoms with Crippen LogP contribution in [0.1, 0.15) is 112 Å². The summed E-state index contributed by atoms with van der Waals surface area (Å²) in [4.78, 5) is 24.3. The van der Waals surface area contributed by atoms with Gasteiger partial charge in [-0.2, -0.15) is 0 Å². The molecule has 4 heterocycles. The summed E-state index contributed by atoms with van der Waals surface area (Å²) < 4.78 is 48.4. The number of aliphatic hydroxyl groups excluding tert-OH is 4. The first-order valence-electron chi connectivity index (χ1n) is 21.8. The first-order valence-corrected chi connectivity index (χ1v) is 21.8. The van der Waals surface area contributed by atoms with Crippen LogP contribution in [0.25, 0.3) is 0 Å². The van der Waals surface area contributed by atoms with Gasteiger partial charge in [-0.15, -0.1) is 0 Å². The minimum Gasteiger partial charge on any atom is -0.459 e.